The number of hydrogen-bond donors (Lipinski definition) is 7. The zero-order chi connectivity index (χ0) is 88.1. The highest BCUT2D eigenvalue weighted by molar-refractivity contribution is 7.33. The molecule has 5 aliphatic heterocycles. The van der Waals surface area contributed by atoms with Gasteiger partial charge in [0.25, 0.3) is 5.91 Å². The molecule has 118 heavy (non-hydrogen) atoms. The Kier molecular flexibility index (Phi) is 38.4. The molecule has 666 valence electrons. The second-order valence-corrected chi connectivity index (χ2v) is 33.9. The Morgan fingerprint density at radius 3 is 1.81 bits per heavy atom. The minimum absolute atomic E-state index is 0.0225. The van der Waals surface area contributed by atoms with Crippen molar-refractivity contribution in [3.63, 3.8) is 0 Å². The number of methoxy groups -OCH3 is 1. The highest BCUT2D eigenvalue weighted by atomic mass is 31.1. The monoisotopic (exact) mass is 1690 g/mol. The van der Waals surface area contributed by atoms with Crippen LogP contribution in [-0.4, -0.2) is 226 Å². The number of ketones is 1. The number of aliphatic hydroxyl groups excluding tert-OH is 1. The molecule has 0 saturated carbocycles. The number of Topliss-reactive ketones (excluding diaryl/α,β-unsaturated/α-hetero) is 1. The summed E-state index contributed by atoms with van der Waals surface area (Å²) in [6.45, 7) is 33.9. The van der Waals surface area contributed by atoms with Gasteiger partial charge in [0.2, 0.25) is 17.7 Å². The van der Waals surface area contributed by atoms with Gasteiger partial charge in [0.1, 0.15) is 35.9 Å². The van der Waals surface area contributed by atoms with Crippen molar-refractivity contribution < 1.29 is 143 Å². The standard InChI is InChI=1S/C82H128N5O30P/c1-40(2)25-24-27-41(3)28-29-43(5)32-35-81(18,19)34-23-22-26-42(4)33-36-102-60(74(97)101-21)39-105-118(100)117-79-69(70(116-80(84)98)82(20,99)71(115-79)72(83)95)114-76-62(86-52(14)89)49(11)65(59(110-76)38-104-77-67(107-54(16)91)45(7)44(6)58(109-77)37-103-53(15)90)112-75-61(85-51(13)88)48(10)64(50(12)106-75)111-78-68(108-55(17)92)47(9)46(8)66(113-78)73(96)87-63-56(93)30-31-57(63)94/h23,25,28,33-34,44-50,58-62,64-71,75-79,93,99,118H,5,22,24,26-27,29-32,35-39H2,1-4,6-21H3,(H2,83,95)(H2,84,98)(H,85,88)(H,86,89)(H,87,96)/b34-23+,41-28+,42-33-/t44-,45-,46+,47-,48+,49+,50?,58?,59?,60+,61?,62?,64-,65-,66?,67?,68?,69?,70+,71?,75-,76-,77+,78+,79+,82-/m0/s1. The first-order valence-electron chi connectivity index (χ1n) is 40.2. The molecule has 11 unspecified atom stereocenters. The summed E-state index contributed by atoms with van der Waals surface area (Å²) in [6.07, 6.45) is -11.2. The van der Waals surface area contributed by atoms with Gasteiger partial charge in [0.15, 0.2) is 73.9 Å². The SMILES string of the molecule is C=C(C/C=C(\C)CCC=C(C)C)CCC(C)(C)/C=C/CC/C(C)=C\CO[C@H](CO[PH](=O)O[C@H]1OC(C(N)=O)[C@@](C)(O)[C@H](OC(N)=O)C1O[C@@H]1OC(CO[C@@H]2OC(COC(C)=O)[C@@H](C)[C@H](C)C2OC(C)=O)[C@@H](O[C@@H]2OC(C)[C@@H](O[C@@H]3OC(C(=O)NC4=C(O)CCC4=O)[C@H](C)[C@H](C)C3OC(C)=O)[C@H](C)C2NC(C)=O)[C@H](C)C1NC(C)=O)C(=O)OC. The lowest BCUT2D eigenvalue weighted by Crippen LogP contribution is -2.71. The van der Waals surface area contributed by atoms with Crippen LogP contribution in [0.1, 0.15) is 189 Å². The van der Waals surface area contributed by atoms with Gasteiger partial charge < -0.3 is 113 Å². The molecule has 5 heterocycles. The van der Waals surface area contributed by atoms with Gasteiger partial charge in [-0.2, -0.15) is 0 Å². The number of hydrogen-bond acceptors (Lipinski definition) is 30. The average Bonchev–Trinajstić information content (AvgIpc) is 0.801. The number of carbonyl (C=O) groups is 10. The first-order chi connectivity index (χ1) is 55.2. The molecule has 9 N–H and O–H groups in total. The summed E-state index contributed by atoms with van der Waals surface area (Å²) in [5.74, 6) is -11.5. The van der Waals surface area contributed by atoms with E-state index in [1.807, 2.05) is 6.92 Å². The van der Waals surface area contributed by atoms with E-state index in [2.05, 4.69) is 81.5 Å². The van der Waals surface area contributed by atoms with Crippen molar-refractivity contribution in [1.82, 2.24) is 16.0 Å². The van der Waals surface area contributed by atoms with Gasteiger partial charge in [-0.15, -0.1) is 0 Å². The number of nitrogens with two attached hydrogens (primary N) is 2. The van der Waals surface area contributed by atoms with E-state index in [9.17, 15) is 62.7 Å². The van der Waals surface area contributed by atoms with E-state index in [1.165, 1.54) is 44.4 Å². The lowest BCUT2D eigenvalue weighted by molar-refractivity contribution is -0.367. The normalized spacial score (nSPS) is 33.3. The Morgan fingerprint density at radius 2 is 1.23 bits per heavy atom. The summed E-state index contributed by atoms with van der Waals surface area (Å²) < 4.78 is 119. The summed E-state index contributed by atoms with van der Waals surface area (Å²) in [5.41, 5.74) is 13.2. The Bertz CT molecular complexity index is 3690. The van der Waals surface area contributed by atoms with Crippen LogP contribution in [0.2, 0.25) is 0 Å². The lowest BCUT2D eigenvalue weighted by Gasteiger charge is -2.52. The third-order valence-corrected chi connectivity index (χ3v) is 23.1. The third kappa shape index (κ3) is 28.6. The summed E-state index contributed by atoms with van der Waals surface area (Å²) in [7, 11) is -2.94. The first kappa shape index (κ1) is 99.5. The van der Waals surface area contributed by atoms with Crippen LogP contribution in [-0.2, 0) is 128 Å². The fourth-order valence-corrected chi connectivity index (χ4v) is 15.8. The number of esters is 4. The molecule has 5 fully saturated rings. The van der Waals surface area contributed by atoms with E-state index in [1.54, 1.807) is 54.5 Å². The maximum atomic E-state index is 14.3. The molecular weight excluding hydrogens is 1570 g/mol. The lowest BCUT2D eigenvalue weighted by atomic mass is 9.82. The molecule has 0 aromatic rings. The predicted octanol–water partition coefficient (Wildman–Crippen LogP) is 7.71. The molecule has 1 aliphatic carbocycles. The van der Waals surface area contributed by atoms with Crippen LogP contribution in [0.3, 0.4) is 0 Å². The minimum Gasteiger partial charge on any atom is -0.510 e. The molecule has 6 rings (SSSR count). The highest BCUT2D eigenvalue weighted by Crippen LogP contribution is 2.45. The fraction of sp³-hybridized carbons (Fsp3) is 0.732. The topological polar surface area (TPSA) is 473 Å². The molecule has 6 aliphatic rings. The number of amides is 5. The molecule has 0 aromatic carbocycles. The van der Waals surface area contributed by atoms with Crippen molar-refractivity contribution in [2.24, 2.45) is 52.4 Å². The number of primary amides is 2. The summed E-state index contributed by atoms with van der Waals surface area (Å²) in [4.78, 5) is 131. The zero-order valence-corrected chi connectivity index (χ0v) is 72.7. The van der Waals surface area contributed by atoms with Gasteiger partial charge in [0.05, 0.1) is 63.4 Å². The van der Waals surface area contributed by atoms with Gasteiger partial charge in [-0.1, -0.05) is 115 Å². The number of carbonyl (C=O) groups excluding carboxylic acids is 10. The van der Waals surface area contributed by atoms with Crippen LogP contribution in [0, 0.1) is 40.9 Å². The second-order valence-electron chi connectivity index (χ2n) is 32.8. The van der Waals surface area contributed by atoms with Crippen LogP contribution >= 0.6 is 8.25 Å². The molecule has 0 spiro atoms. The van der Waals surface area contributed by atoms with Gasteiger partial charge in [-0.3, -0.25) is 47.4 Å². The van der Waals surface area contributed by atoms with Gasteiger partial charge in [-0.05, 0) is 104 Å². The van der Waals surface area contributed by atoms with Crippen molar-refractivity contribution in [1.29, 1.82) is 0 Å². The number of aliphatic hydroxyl groups is 2. The largest absolute Gasteiger partial charge is 0.510 e. The Morgan fingerprint density at radius 1 is 0.653 bits per heavy atom. The molecule has 35 nitrogen and oxygen atoms in total. The van der Waals surface area contributed by atoms with Gasteiger partial charge >= 0.3 is 38.2 Å². The molecule has 36 heteroatoms. The molecule has 5 amide bonds. The average molecular weight is 1690 g/mol. The quantitative estimate of drug-likeness (QED) is 0.0134. The van der Waals surface area contributed by atoms with Crippen LogP contribution < -0.4 is 27.4 Å². The molecule has 5 saturated heterocycles. The number of ether oxygens (including phenoxy) is 15. The molecule has 27 atom stereocenters. The fourth-order valence-electron chi connectivity index (χ4n) is 15.0. The Hall–Kier alpha value is -7.35. The van der Waals surface area contributed by atoms with Gasteiger partial charge in [-0.25, -0.2) is 9.59 Å². The van der Waals surface area contributed by atoms with Crippen molar-refractivity contribution in [2.75, 3.05) is 33.5 Å². The minimum atomic E-state index is -4.04. The molecule has 0 aromatic heterocycles. The Labute approximate surface area is 691 Å². The van der Waals surface area contributed by atoms with Crippen LogP contribution in [0.25, 0.3) is 0 Å². The van der Waals surface area contributed by atoms with E-state index in [4.69, 9.17) is 91.6 Å². The Balaban J connectivity index is 1.31. The van der Waals surface area contributed by atoms with Crippen molar-refractivity contribution >= 4 is 67.6 Å². The summed E-state index contributed by atoms with van der Waals surface area (Å²) in [5, 5.41) is 31.0. The summed E-state index contributed by atoms with van der Waals surface area (Å²) in [6, 6.07) is -2.66. The smallest absolute Gasteiger partial charge is 0.404 e. The van der Waals surface area contributed by atoms with E-state index < -0.39 is 239 Å². The van der Waals surface area contributed by atoms with Crippen molar-refractivity contribution in [3.05, 3.63) is 70.7 Å². The van der Waals surface area contributed by atoms with Crippen LogP contribution in [0.4, 0.5) is 4.79 Å². The van der Waals surface area contributed by atoms with Crippen LogP contribution in [0.5, 0.6) is 0 Å². The first-order valence-corrected chi connectivity index (χ1v) is 41.4. The predicted molar refractivity (Wildman–Crippen MR) is 423 cm³/mol. The van der Waals surface area contributed by atoms with E-state index in [0.717, 1.165) is 58.6 Å². The van der Waals surface area contributed by atoms with E-state index in [0.29, 0.717) is 12.8 Å². The third-order valence-electron chi connectivity index (χ3n) is 22.3. The molecular formula is C82H128N5O30P. The van der Waals surface area contributed by atoms with Crippen molar-refractivity contribution in [2.45, 2.75) is 312 Å². The van der Waals surface area contributed by atoms with Crippen molar-refractivity contribution in [3.8, 4) is 0 Å². The number of allylic oxidation sites excluding steroid dienone is 10. The second kappa shape index (κ2) is 45.5. The van der Waals surface area contributed by atoms with E-state index >= 15 is 0 Å². The summed E-state index contributed by atoms with van der Waals surface area (Å²) >= 11 is 0. The number of rotatable bonds is 40. The number of nitrogens with one attached hydrogen (secondary N) is 3. The maximum absolute atomic E-state index is 14.3. The maximum Gasteiger partial charge on any atom is 0.404 e. The highest BCUT2D eigenvalue weighted by Gasteiger charge is 2.62. The van der Waals surface area contributed by atoms with Crippen LogP contribution in [0.15, 0.2) is 70.7 Å². The van der Waals surface area contributed by atoms with E-state index in [-0.39, 0.29) is 42.9 Å². The van der Waals surface area contributed by atoms with Gasteiger partial charge in [0, 0.05) is 71.1 Å². The molecule has 0 radical (unpaired) electrons. The zero-order valence-electron chi connectivity index (χ0n) is 71.7. The molecule has 0 bridgehead atoms.